The van der Waals surface area contributed by atoms with Gasteiger partial charge in [-0.3, -0.25) is 19.3 Å². The van der Waals surface area contributed by atoms with Gasteiger partial charge < -0.3 is 46.1 Å². The van der Waals surface area contributed by atoms with Gasteiger partial charge in [-0.15, -0.1) is 23.1 Å². The molecule has 0 unspecified atom stereocenters. The average Bonchev–Trinajstić information content (AvgIpc) is 3.71. The Morgan fingerprint density at radius 2 is 1.92 bits per heavy atom. The molecule has 2 fully saturated rings. The van der Waals surface area contributed by atoms with Crippen molar-refractivity contribution in [2.45, 2.75) is 24.3 Å². The largest absolute Gasteiger partial charge is 0.504 e. The van der Waals surface area contributed by atoms with Crippen molar-refractivity contribution in [2.24, 2.45) is 5.16 Å². The number of carboxylic acids is 2. The summed E-state index contributed by atoms with van der Waals surface area (Å²) in [4.78, 5) is 72.7. The number of aromatic nitrogens is 1. The van der Waals surface area contributed by atoms with Crippen molar-refractivity contribution in [3.05, 3.63) is 57.4 Å². The van der Waals surface area contributed by atoms with Gasteiger partial charge in [-0.2, -0.15) is 0 Å². The number of benzene rings is 1. The zero-order valence-corrected chi connectivity index (χ0v) is 27.8. The molecule has 3 aliphatic heterocycles. The molecule has 2 saturated heterocycles. The van der Waals surface area contributed by atoms with Crippen LogP contribution in [0.1, 0.15) is 28.9 Å². The number of aliphatic carboxylic acids is 2. The van der Waals surface area contributed by atoms with Crippen LogP contribution in [-0.2, 0) is 24.0 Å². The molecule has 1 radical (unpaired) electrons. The molecule has 49 heavy (non-hydrogen) atoms. The van der Waals surface area contributed by atoms with E-state index < -0.39 is 64.0 Å². The number of quaternary nitrogens is 1. The summed E-state index contributed by atoms with van der Waals surface area (Å²) in [5.74, 6) is -6.96. The Balaban J connectivity index is 1.29. The van der Waals surface area contributed by atoms with Crippen LogP contribution >= 0.6 is 34.7 Å². The molecule has 1 aromatic carbocycles. The first-order chi connectivity index (χ1) is 23.2. The molecule has 2 atom stereocenters. The first-order valence-corrected chi connectivity index (χ1v) is 16.9. The number of phenols is 2. The number of amides is 3. The lowest BCUT2D eigenvalue weighted by Crippen LogP contribution is -2.71. The summed E-state index contributed by atoms with van der Waals surface area (Å²) in [6.45, 7) is 7.62. The van der Waals surface area contributed by atoms with Crippen LogP contribution in [0.25, 0.3) is 0 Å². The standard InChI is InChI=1S/C29H29ClN7O10S2/c1-13(27(43)44)47-35-19(16-12-49-29(31)33-16)24(41)34-20-25(42)36-21(28(45)46)14(11-48-26(20)36)10-37(7-2-3-8-37)9-6-32-23(40)15-4-5-17(38)22(39)18(15)30/h1,4-5,12,20,26H,2-3,6-11H2,(H7-,31,32,33,34,35,38,39,40,41,43,44,45,46)/p+1/t20-,26-/m1/s1. The Morgan fingerprint density at radius 3 is 2.55 bits per heavy atom. The molecule has 3 aliphatic rings. The first-order valence-electron chi connectivity index (χ1n) is 14.6. The number of β-lactam (4-membered cyclic amide) rings is 1. The summed E-state index contributed by atoms with van der Waals surface area (Å²) < 4.78 is 0.460. The molecule has 0 aliphatic carbocycles. The summed E-state index contributed by atoms with van der Waals surface area (Å²) in [7, 11) is 0. The number of nitrogens with one attached hydrogen (secondary N) is 2. The average molecular weight is 736 g/mol. The number of nitrogen functional groups attached to an aromatic ring is 1. The SMILES string of the molecule is [CH]=C(O/N=C(\C(=O)N[C@@H]1C(=O)N2C(C(=O)O)=C(C[N+]3(CCNC(=O)c4ccc(O)c(O)c4Cl)CCCC3)CS[C@H]12)c1csc(N)n1)C(=O)O. The summed E-state index contributed by atoms with van der Waals surface area (Å²) >= 11 is 8.26. The second kappa shape index (κ2) is 14.3. The van der Waals surface area contributed by atoms with Crippen LogP contribution in [-0.4, -0.2) is 120 Å². The number of hydrogen-bond acceptors (Lipinski definition) is 13. The van der Waals surface area contributed by atoms with E-state index >= 15 is 0 Å². The minimum Gasteiger partial charge on any atom is -0.504 e. The quantitative estimate of drug-likeness (QED) is 0.0285. The number of thiazole rings is 1. The highest BCUT2D eigenvalue weighted by molar-refractivity contribution is 8.00. The number of fused-ring (bicyclic) bond motifs is 1. The van der Waals surface area contributed by atoms with Gasteiger partial charge in [0.2, 0.25) is 5.76 Å². The van der Waals surface area contributed by atoms with E-state index in [1.165, 1.54) is 23.2 Å². The Kier molecular flexibility index (Phi) is 10.4. The summed E-state index contributed by atoms with van der Waals surface area (Å²) in [5.41, 5.74) is 5.43. The number of oxime groups is 1. The highest BCUT2D eigenvalue weighted by atomic mass is 35.5. The van der Waals surface area contributed by atoms with Gasteiger partial charge in [-0.25, -0.2) is 14.6 Å². The lowest BCUT2D eigenvalue weighted by atomic mass is 10.0. The third kappa shape index (κ3) is 7.28. The molecule has 1 aromatic heterocycles. The normalized spacial score (nSPS) is 19.9. The van der Waals surface area contributed by atoms with Gasteiger partial charge in [-0.05, 0) is 18.7 Å². The van der Waals surface area contributed by atoms with Gasteiger partial charge in [0.05, 0.1) is 36.8 Å². The van der Waals surface area contributed by atoms with Gasteiger partial charge >= 0.3 is 11.9 Å². The lowest BCUT2D eigenvalue weighted by molar-refractivity contribution is -0.911. The molecule has 17 nitrogen and oxygen atoms in total. The zero-order valence-electron chi connectivity index (χ0n) is 25.4. The van der Waals surface area contributed by atoms with Crippen LogP contribution in [0.2, 0.25) is 5.02 Å². The Morgan fingerprint density at radius 1 is 1.20 bits per heavy atom. The molecule has 5 rings (SSSR count). The molecular formula is C29H30ClN7O10S2+. The number of phenolic OH excluding ortho intramolecular Hbond substituents is 2. The summed E-state index contributed by atoms with van der Waals surface area (Å²) in [6, 6.07) is 1.30. The van der Waals surface area contributed by atoms with Gasteiger partial charge in [0.1, 0.15) is 29.4 Å². The number of halogens is 1. The smallest absolute Gasteiger partial charge is 0.374 e. The molecule has 8 N–H and O–H groups in total. The molecular weight excluding hydrogens is 706 g/mol. The topological polar surface area (TPSA) is 254 Å². The van der Waals surface area contributed by atoms with E-state index in [4.69, 9.17) is 29.0 Å². The van der Waals surface area contributed by atoms with Crippen LogP contribution in [0.15, 0.2) is 39.7 Å². The number of hydrogen-bond donors (Lipinski definition) is 7. The number of anilines is 1. The van der Waals surface area contributed by atoms with Crippen molar-refractivity contribution in [1.29, 1.82) is 0 Å². The number of carboxylic acid groups (broad SMARTS) is 2. The second-order valence-electron chi connectivity index (χ2n) is 11.3. The van der Waals surface area contributed by atoms with Crippen LogP contribution in [0.4, 0.5) is 5.13 Å². The monoisotopic (exact) mass is 735 g/mol. The molecule has 20 heteroatoms. The molecule has 0 bridgehead atoms. The second-order valence-corrected chi connectivity index (χ2v) is 13.7. The highest BCUT2D eigenvalue weighted by Gasteiger charge is 2.55. The third-order valence-electron chi connectivity index (χ3n) is 8.21. The number of rotatable bonds is 13. The number of likely N-dealkylation sites (tertiary alicyclic amines) is 1. The van der Waals surface area contributed by atoms with Crippen LogP contribution in [0, 0.1) is 6.58 Å². The van der Waals surface area contributed by atoms with Crippen LogP contribution in [0.5, 0.6) is 11.5 Å². The summed E-state index contributed by atoms with van der Waals surface area (Å²) in [6.07, 6.45) is 1.75. The van der Waals surface area contributed by atoms with Crippen molar-refractivity contribution in [3.8, 4) is 11.5 Å². The minimum absolute atomic E-state index is 0.0159. The van der Waals surface area contributed by atoms with E-state index in [1.54, 1.807) is 0 Å². The fraction of sp³-hybridized carbons (Fsp3) is 0.345. The predicted molar refractivity (Wildman–Crippen MR) is 175 cm³/mol. The number of carbonyl (C=O) groups excluding carboxylic acids is 3. The Labute approximate surface area is 291 Å². The van der Waals surface area contributed by atoms with Crippen LogP contribution < -0.4 is 16.4 Å². The number of aromatic hydroxyl groups is 2. The van der Waals surface area contributed by atoms with E-state index in [-0.39, 0.29) is 39.4 Å². The predicted octanol–water partition coefficient (Wildman–Crippen LogP) is 0.691. The molecule has 0 spiro atoms. The number of nitrogens with two attached hydrogens (primary N) is 1. The fourth-order valence-electron chi connectivity index (χ4n) is 5.85. The maximum atomic E-state index is 13.4. The van der Waals surface area contributed by atoms with Gasteiger partial charge in [0, 0.05) is 29.5 Å². The van der Waals surface area contributed by atoms with Crippen molar-refractivity contribution in [2.75, 3.05) is 44.2 Å². The van der Waals surface area contributed by atoms with Crippen molar-refractivity contribution < 1.29 is 53.7 Å². The van der Waals surface area contributed by atoms with Gasteiger partial charge in [-0.1, -0.05) is 16.8 Å². The maximum Gasteiger partial charge on any atom is 0.374 e. The summed E-state index contributed by atoms with van der Waals surface area (Å²) in [5, 5.41) is 47.9. The van der Waals surface area contributed by atoms with E-state index in [2.05, 4.69) is 25.6 Å². The third-order valence-corrected chi connectivity index (χ3v) is 10.6. The van der Waals surface area contributed by atoms with E-state index in [0.29, 0.717) is 36.2 Å². The van der Waals surface area contributed by atoms with Crippen LogP contribution in [0.3, 0.4) is 0 Å². The van der Waals surface area contributed by atoms with Gasteiger partial charge in [0.15, 0.2) is 22.3 Å². The molecule has 4 heterocycles. The first kappa shape index (κ1) is 35.5. The van der Waals surface area contributed by atoms with Crippen molar-refractivity contribution in [3.63, 3.8) is 0 Å². The van der Waals surface area contributed by atoms with Gasteiger partial charge in [0.25, 0.3) is 17.7 Å². The lowest BCUT2D eigenvalue weighted by Gasteiger charge is -2.50. The number of nitrogens with zero attached hydrogens (tertiary/aromatic N) is 4. The zero-order chi connectivity index (χ0) is 35.6. The Bertz CT molecular complexity index is 1810. The fourth-order valence-corrected chi connectivity index (χ4v) is 7.98. The maximum absolute atomic E-state index is 13.4. The molecule has 2 aromatic rings. The van der Waals surface area contributed by atoms with Crippen molar-refractivity contribution in [1.82, 2.24) is 20.5 Å². The number of thioether (sulfide) groups is 1. The molecule has 259 valence electrons. The van der Waals surface area contributed by atoms with E-state index in [9.17, 15) is 39.3 Å². The van der Waals surface area contributed by atoms with Crippen molar-refractivity contribution >= 4 is 75.2 Å². The van der Waals surface area contributed by atoms with E-state index in [0.717, 1.165) is 35.1 Å². The highest BCUT2D eigenvalue weighted by Crippen LogP contribution is 2.41. The Hall–Kier alpha value is -4.85. The number of carbonyl (C=O) groups is 5. The molecule has 3 amide bonds. The minimum atomic E-state index is -1.63. The van der Waals surface area contributed by atoms with E-state index in [1.807, 2.05) is 0 Å². The molecule has 0 saturated carbocycles.